The van der Waals surface area contributed by atoms with E-state index in [0.29, 0.717) is 23.0 Å². The Kier molecular flexibility index (Phi) is 5.44. The molecule has 3 aromatic rings. The second kappa shape index (κ2) is 7.73. The highest BCUT2D eigenvalue weighted by atomic mass is 35.5. The van der Waals surface area contributed by atoms with Crippen LogP contribution in [0.1, 0.15) is 24.0 Å². The second-order valence-corrected chi connectivity index (χ2v) is 6.57. The highest BCUT2D eigenvalue weighted by Gasteiger charge is 2.07. The van der Waals surface area contributed by atoms with Gasteiger partial charge in [0.1, 0.15) is 0 Å². The Morgan fingerprint density at radius 1 is 1.08 bits per heavy atom. The summed E-state index contributed by atoms with van der Waals surface area (Å²) < 4.78 is 0. The Labute approximate surface area is 151 Å². The molecule has 0 saturated carbocycles. The molecule has 1 heterocycles. The fourth-order valence-electron chi connectivity index (χ4n) is 2.73. The normalized spacial score (nSPS) is 10.9. The number of benzene rings is 2. The topological polar surface area (TPSA) is 44.9 Å². The van der Waals surface area contributed by atoms with Crippen molar-refractivity contribution in [3.05, 3.63) is 69.8 Å². The number of hydrogen-bond acceptors (Lipinski definition) is 1. The zero-order chi connectivity index (χ0) is 16.9. The van der Waals surface area contributed by atoms with Gasteiger partial charge in [-0.25, -0.2) is 0 Å². The van der Waals surface area contributed by atoms with Gasteiger partial charge in [0.15, 0.2) is 0 Å². The van der Waals surface area contributed by atoms with Crippen LogP contribution in [0.25, 0.3) is 10.9 Å². The molecule has 0 atom stereocenters. The summed E-state index contributed by atoms with van der Waals surface area (Å²) >= 11 is 12.0. The Bertz CT molecular complexity index is 857. The molecule has 5 heteroatoms. The van der Waals surface area contributed by atoms with Crippen LogP contribution in [0.3, 0.4) is 0 Å². The monoisotopic (exact) mass is 360 g/mol. The fraction of sp³-hybridized carbons (Fsp3) is 0.211. The van der Waals surface area contributed by atoms with Gasteiger partial charge in [-0.1, -0.05) is 47.5 Å². The summed E-state index contributed by atoms with van der Waals surface area (Å²) in [4.78, 5) is 15.3. The maximum atomic E-state index is 12.0. The zero-order valence-electron chi connectivity index (χ0n) is 13.1. The molecule has 3 nitrogen and oxygen atoms in total. The molecule has 3 rings (SSSR count). The van der Waals surface area contributed by atoms with Gasteiger partial charge in [-0.05, 0) is 42.2 Å². The standard InChI is InChI=1S/C19H18Cl2N2O/c20-15-9-8-14(17(21)10-15)12-23-19(24)7-3-4-13-11-22-18-6-2-1-5-16(13)18/h1-2,5-6,8-11,22H,3-4,7,12H2,(H,23,24). The van der Waals surface area contributed by atoms with Gasteiger partial charge in [-0.3, -0.25) is 4.79 Å². The van der Waals surface area contributed by atoms with Gasteiger partial charge >= 0.3 is 0 Å². The maximum Gasteiger partial charge on any atom is 0.220 e. The highest BCUT2D eigenvalue weighted by molar-refractivity contribution is 6.35. The predicted molar refractivity (Wildman–Crippen MR) is 99.5 cm³/mol. The molecule has 0 radical (unpaired) electrons. The molecule has 1 amide bonds. The van der Waals surface area contributed by atoms with E-state index in [2.05, 4.69) is 22.4 Å². The lowest BCUT2D eigenvalue weighted by Gasteiger charge is -2.07. The number of halogens is 2. The van der Waals surface area contributed by atoms with Crippen LogP contribution in [0.4, 0.5) is 0 Å². The Morgan fingerprint density at radius 2 is 1.92 bits per heavy atom. The van der Waals surface area contributed by atoms with E-state index in [9.17, 15) is 4.79 Å². The van der Waals surface area contributed by atoms with E-state index < -0.39 is 0 Å². The van der Waals surface area contributed by atoms with Gasteiger partial charge in [0.05, 0.1) is 0 Å². The molecule has 124 valence electrons. The number of rotatable bonds is 6. The quantitative estimate of drug-likeness (QED) is 0.629. The zero-order valence-corrected chi connectivity index (χ0v) is 14.6. The first kappa shape index (κ1) is 16.9. The predicted octanol–water partition coefficient (Wildman–Crippen LogP) is 5.11. The minimum Gasteiger partial charge on any atom is -0.361 e. The lowest BCUT2D eigenvalue weighted by molar-refractivity contribution is -0.121. The molecule has 0 aliphatic rings. The van der Waals surface area contributed by atoms with Crippen LogP contribution >= 0.6 is 23.2 Å². The van der Waals surface area contributed by atoms with Crippen molar-refractivity contribution in [2.45, 2.75) is 25.8 Å². The van der Waals surface area contributed by atoms with Gasteiger partial charge in [0, 0.05) is 40.1 Å². The number of nitrogens with one attached hydrogen (secondary N) is 2. The molecule has 0 saturated heterocycles. The number of aromatic amines is 1. The van der Waals surface area contributed by atoms with Crippen molar-refractivity contribution in [1.82, 2.24) is 10.3 Å². The van der Waals surface area contributed by atoms with Crippen LogP contribution in [0.2, 0.25) is 10.0 Å². The van der Waals surface area contributed by atoms with E-state index >= 15 is 0 Å². The lowest BCUT2D eigenvalue weighted by Crippen LogP contribution is -2.22. The molecule has 0 bridgehead atoms. The van der Waals surface area contributed by atoms with Crippen molar-refractivity contribution in [3.8, 4) is 0 Å². The molecule has 0 fully saturated rings. The highest BCUT2D eigenvalue weighted by Crippen LogP contribution is 2.21. The van der Waals surface area contributed by atoms with Crippen LogP contribution in [0, 0.1) is 0 Å². The molecule has 1 aromatic heterocycles. The number of aromatic nitrogens is 1. The smallest absolute Gasteiger partial charge is 0.220 e. The van der Waals surface area contributed by atoms with Gasteiger partial charge in [-0.15, -0.1) is 0 Å². The van der Waals surface area contributed by atoms with Crippen molar-refractivity contribution in [2.24, 2.45) is 0 Å². The number of carbonyl (C=O) groups excluding carboxylic acids is 1. The Morgan fingerprint density at radius 3 is 2.75 bits per heavy atom. The van der Waals surface area contributed by atoms with E-state index in [0.717, 1.165) is 23.9 Å². The summed E-state index contributed by atoms with van der Waals surface area (Å²) in [5.41, 5.74) is 3.25. The molecule has 0 unspecified atom stereocenters. The minimum absolute atomic E-state index is 0.0286. The van der Waals surface area contributed by atoms with Gasteiger partial charge in [-0.2, -0.15) is 0 Å². The largest absolute Gasteiger partial charge is 0.361 e. The van der Waals surface area contributed by atoms with E-state index in [1.165, 1.54) is 10.9 Å². The first-order valence-corrected chi connectivity index (χ1v) is 8.64. The van der Waals surface area contributed by atoms with Crippen LogP contribution in [0.5, 0.6) is 0 Å². The molecule has 2 N–H and O–H groups in total. The first-order valence-electron chi connectivity index (χ1n) is 7.89. The molecule has 0 aliphatic carbocycles. The minimum atomic E-state index is 0.0286. The number of para-hydroxylation sites is 1. The number of fused-ring (bicyclic) bond motifs is 1. The summed E-state index contributed by atoms with van der Waals surface area (Å²) in [7, 11) is 0. The van der Waals surface area contributed by atoms with E-state index in [1.807, 2.05) is 24.4 Å². The summed E-state index contributed by atoms with van der Waals surface area (Å²) in [6.07, 6.45) is 4.20. The maximum absolute atomic E-state index is 12.0. The number of amides is 1. The van der Waals surface area contributed by atoms with Crippen LogP contribution < -0.4 is 5.32 Å². The summed E-state index contributed by atoms with van der Waals surface area (Å²) in [6, 6.07) is 13.5. The number of aryl methyl sites for hydroxylation is 1. The van der Waals surface area contributed by atoms with Crippen LogP contribution in [-0.4, -0.2) is 10.9 Å². The number of H-pyrrole nitrogens is 1. The third-order valence-electron chi connectivity index (χ3n) is 4.02. The van der Waals surface area contributed by atoms with Crippen molar-refractivity contribution < 1.29 is 4.79 Å². The Hall–Kier alpha value is -1.97. The van der Waals surface area contributed by atoms with E-state index in [1.54, 1.807) is 12.1 Å². The SMILES string of the molecule is O=C(CCCc1c[nH]c2ccccc12)NCc1ccc(Cl)cc1Cl. The van der Waals surface area contributed by atoms with Crippen molar-refractivity contribution in [1.29, 1.82) is 0 Å². The van der Waals surface area contributed by atoms with Crippen LogP contribution in [0.15, 0.2) is 48.7 Å². The second-order valence-electron chi connectivity index (χ2n) is 5.73. The number of carbonyl (C=O) groups is 1. The molecule has 0 aliphatic heterocycles. The third-order valence-corrected chi connectivity index (χ3v) is 4.60. The van der Waals surface area contributed by atoms with E-state index in [4.69, 9.17) is 23.2 Å². The third kappa shape index (κ3) is 4.11. The van der Waals surface area contributed by atoms with Gasteiger partial charge in [0.25, 0.3) is 0 Å². The summed E-state index contributed by atoms with van der Waals surface area (Å²) in [5.74, 6) is 0.0286. The molecular formula is C19H18Cl2N2O. The lowest BCUT2D eigenvalue weighted by atomic mass is 10.1. The fourth-order valence-corrected chi connectivity index (χ4v) is 3.20. The molecule has 24 heavy (non-hydrogen) atoms. The molecule has 0 spiro atoms. The van der Waals surface area contributed by atoms with Gasteiger partial charge < -0.3 is 10.3 Å². The van der Waals surface area contributed by atoms with Crippen molar-refractivity contribution in [3.63, 3.8) is 0 Å². The average Bonchev–Trinajstić information content (AvgIpc) is 2.97. The molecular weight excluding hydrogens is 343 g/mol. The average molecular weight is 361 g/mol. The van der Waals surface area contributed by atoms with Crippen molar-refractivity contribution in [2.75, 3.05) is 0 Å². The first-order chi connectivity index (χ1) is 11.6. The number of hydrogen-bond donors (Lipinski definition) is 2. The van der Waals surface area contributed by atoms with Crippen LogP contribution in [-0.2, 0) is 17.8 Å². The van der Waals surface area contributed by atoms with Crippen molar-refractivity contribution >= 4 is 40.0 Å². The molecule has 2 aromatic carbocycles. The Balaban J connectivity index is 1.47. The van der Waals surface area contributed by atoms with E-state index in [-0.39, 0.29) is 5.91 Å². The summed E-state index contributed by atoms with van der Waals surface area (Å²) in [6.45, 7) is 0.419. The van der Waals surface area contributed by atoms with Gasteiger partial charge in [0.2, 0.25) is 5.91 Å². The summed E-state index contributed by atoms with van der Waals surface area (Å²) in [5, 5.41) is 5.29.